The van der Waals surface area contributed by atoms with Crippen molar-refractivity contribution < 1.29 is 24.0 Å². The zero-order chi connectivity index (χ0) is 13.1. The largest absolute Gasteiger partial charge is 0.456 e. The first-order chi connectivity index (χ1) is 7.78. The van der Waals surface area contributed by atoms with E-state index in [9.17, 15) is 4.79 Å². The molecule has 0 saturated heterocycles. The first-order valence-electron chi connectivity index (χ1n) is 5.63. The highest BCUT2D eigenvalue weighted by molar-refractivity contribution is 5.66. The Morgan fingerprint density at radius 3 is 2.41 bits per heavy atom. The van der Waals surface area contributed by atoms with Crippen LogP contribution < -0.4 is 0 Å². The standard InChI is InChI=1S/C12H20O5/c1-8-10(15-9(2)13)6-7-11(14-8)16-17-12(3,4)5/h6-8,10-11H,1-5H3/t8-,10+,11-/m0/s1. The Bertz CT molecular complexity index is 292. The molecular formula is C12H20O5. The minimum Gasteiger partial charge on any atom is -0.456 e. The van der Waals surface area contributed by atoms with E-state index in [0.717, 1.165) is 0 Å². The van der Waals surface area contributed by atoms with E-state index in [1.807, 2.05) is 27.7 Å². The van der Waals surface area contributed by atoms with Crippen LogP contribution in [0.2, 0.25) is 0 Å². The molecule has 1 rings (SSSR count). The van der Waals surface area contributed by atoms with Crippen molar-refractivity contribution >= 4 is 5.97 Å². The smallest absolute Gasteiger partial charge is 0.303 e. The summed E-state index contributed by atoms with van der Waals surface area (Å²) in [5.41, 5.74) is -0.396. The van der Waals surface area contributed by atoms with E-state index in [-0.39, 0.29) is 18.2 Å². The molecular weight excluding hydrogens is 224 g/mol. The second kappa shape index (κ2) is 5.62. The molecule has 0 spiro atoms. The van der Waals surface area contributed by atoms with Crippen LogP contribution in [0.25, 0.3) is 0 Å². The van der Waals surface area contributed by atoms with Crippen molar-refractivity contribution in [1.82, 2.24) is 0 Å². The van der Waals surface area contributed by atoms with Gasteiger partial charge in [-0.15, -0.1) is 0 Å². The molecule has 0 unspecified atom stereocenters. The summed E-state index contributed by atoms with van der Waals surface area (Å²) in [6.45, 7) is 8.82. The van der Waals surface area contributed by atoms with Gasteiger partial charge in [-0.3, -0.25) is 4.79 Å². The van der Waals surface area contributed by atoms with Gasteiger partial charge in [0.05, 0.1) is 11.7 Å². The number of hydrogen-bond acceptors (Lipinski definition) is 5. The van der Waals surface area contributed by atoms with Crippen molar-refractivity contribution in [2.45, 2.75) is 58.7 Å². The summed E-state index contributed by atoms with van der Waals surface area (Å²) in [4.78, 5) is 21.1. The van der Waals surface area contributed by atoms with Gasteiger partial charge in [0.2, 0.25) is 6.29 Å². The topological polar surface area (TPSA) is 54.0 Å². The van der Waals surface area contributed by atoms with Crippen molar-refractivity contribution in [1.29, 1.82) is 0 Å². The molecule has 0 aromatic carbocycles. The molecule has 98 valence electrons. The number of carbonyl (C=O) groups is 1. The molecule has 1 heterocycles. The minimum atomic E-state index is -0.573. The summed E-state index contributed by atoms with van der Waals surface area (Å²) in [5, 5.41) is 0. The highest BCUT2D eigenvalue weighted by Gasteiger charge is 2.27. The summed E-state index contributed by atoms with van der Waals surface area (Å²) < 4.78 is 10.5. The maximum atomic E-state index is 10.8. The quantitative estimate of drug-likeness (QED) is 0.329. The fourth-order valence-electron chi connectivity index (χ4n) is 1.26. The Morgan fingerprint density at radius 2 is 1.94 bits per heavy atom. The fraction of sp³-hybridized carbons (Fsp3) is 0.750. The summed E-state index contributed by atoms with van der Waals surface area (Å²) >= 11 is 0. The maximum absolute atomic E-state index is 10.8. The van der Waals surface area contributed by atoms with Crippen LogP contribution in [0.15, 0.2) is 12.2 Å². The maximum Gasteiger partial charge on any atom is 0.303 e. The summed E-state index contributed by atoms with van der Waals surface area (Å²) in [7, 11) is 0. The average molecular weight is 244 g/mol. The summed E-state index contributed by atoms with van der Waals surface area (Å²) in [6.07, 6.45) is 2.20. The predicted octanol–water partition coefficient (Wildman–Crippen LogP) is 1.97. The molecule has 0 aromatic heterocycles. The SMILES string of the molecule is CC(=O)O[C@@H]1C=C[C@H](OOC(C)(C)C)O[C@H]1C. The van der Waals surface area contributed by atoms with Gasteiger partial charge in [-0.25, -0.2) is 4.89 Å². The second-order valence-corrected chi connectivity index (χ2v) is 4.96. The van der Waals surface area contributed by atoms with Gasteiger partial charge >= 0.3 is 5.97 Å². The number of carbonyl (C=O) groups excluding carboxylic acids is 1. The molecule has 0 bridgehead atoms. The van der Waals surface area contributed by atoms with Crippen LogP contribution in [0, 0.1) is 0 Å². The van der Waals surface area contributed by atoms with E-state index in [1.54, 1.807) is 12.2 Å². The molecule has 0 N–H and O–H groups in total. The molecule has 0 aromatic rings. The van der Waals surface area contributed by atoms with E-state index in [2.05, 4.69) is 0 Å². The van der Waals surface area contributed by atoms with Crippen LogP contribution >= 0.6 is 0 Å². The van der Waals surface area contributed by atoms with E-state index >= 15 is 0 Å². The Balaban J connectivity index is 2.45. The number of rotatable bonds is 3. The van der Waals surface area contributed by atoms with Gasteiger partial charge in [-0.1, -0.05) is 0 Å². The normalized spacial score (nSPS) is 29.1. The van der Waals surface area contributed by atoms with Crippen LogP contribution in [0.4, 0.5) is 0 Å². The van der Waals surface area contributed by atoms with Crippen LogP contribution in [-0.4, -0.2) is 30.1 Å². The summed E-state index contributed by atoms with van der Waals surface area (Å²) in [6, 6.07) is 0. The third-order valence-corrected chi connectivity index (χ3v) is 1.96. The lowest BCUT2D eigenvalue weighted by Crippen LogP contribution is -2.37. The van der Waals surface area contributed by atoms with Gasteiger partial charge < -0.3 is 9.47 Å². The molecule has 0 aliphatic carbocycles. The molecule has 0 saturated carbocycles. The number of hydrogen-bond donors (Lipinski definition) is 0. The van der Waals surface area contributed by atoms with Gasteiger partial charge in [0.15, 0.2) is 0 Å². The van der Waals surface area contributed by atoms with E-state index in [4.69, 9.17) is 19.2 Å². The van der Waals surface area contributed by atoms with E-state index < -0.39 is 11.9 Å². The Morgan fingerprint density at radius 1 is 1.29 bits per heavy atom. The monoisotopic (exact) mass is 244 g/mol. The zero-order valence-corrected chi connectivity index (χ0v) is 10.9. The third-order valence-electron chi connectivity index (χ3n) is 1.96. The summed E-state index contributed by atoms with van der Waals surface area (Å²) in [5.74, 6) is -0.333. The van der Waals surface area contributed by atoms with Crippen molar-refractivity contribution in [2.75, 3.05) is 0 Å². The molecule has 5 heteroatoms. The Kier molecular flexibility index (Phi) is 4.68. The molecule has 1 aliphatic rings. The Hall–Kier alpha value is -0.910. The first kappa shape index (κ1) is 14.2. The highest BCUT2D eigenvalue weighted by Crippen LogP contribution is 2.18. The molecule has 3 atom stereocenters. The fourth-order valence-corrected chi connectivity index (χ4v) is 1.26. The van der Waals surface area contributed by atoms with E-state index in [1.165, 1.54) is 6.92 Å². The van der Waals surface area contributed by atoms with Crippen molar-refractivity contribution in [3.63, 3.8) is 0 Å². The molecule has 5 nitrogen and oxygen atoms in total. The van der Waals surface area contributed by atoms with Crippen LogP contribution in [-0.2, 0) is 24.0 Å². The second-order valence-electron chi connectivity index (χ2n) is 4.96. The van der Waals surface area contributed by atoms with Crippen LogP contribution in [0.3, 0.4) is 0 Å². The molecule has 17 heavy (non-hydrogen) atoms. The Labute approximate surface area is 102 Å². The van der Waals surface area contributed by atoms with Crippen LogP contribution in [0.1, 0.15) is 34.6 Å². The van der Waals surface area contributed by atoms with Crippen molar-refractivity contribution in [3.05, 3.63) is 12.2 Å². The lowest BCUT2D eigenvalue weighted by atomic mass is 10.1. The molecule has 1 aliphatic heterocycles. The van der Waals surface area contributed by atoms with Gasteiger partial charge in [0.1, 0.15) is 6.10 Å². The molecule has 0 amide bonds. The lowest BCUT2D eigenvalue weighted by Gasteiger charge is -2.30. The lowest BCUT2D eigenvalue weighted by molar-refractivity contribution is -0.411. The van der Waals surface area contributed by atoms with Gasteiger partial charge in [-0.05, 0) is 39.8 Å². The van der Waals surface area contributed by atoms with Crippen LogP contribution in [0.5, 0.6) is 0 Å². The first-order valence-corrected chi connectivity index (χ1v) is 5.63. The zero-order valence-electron chi connectivity index (χ0n) is 10.9. The minimum absolute atomic E-state index is 0.266. The van der Waals surface area contributed by atoms with E-state index in [0.29, 0.717) is 0 Å². The van der Waals surface area contributed by atoms with Gasteiger partial charge in [0, 0.05) is 6.92 Å². The van der Waals surface area contributed by atoms with Gasteiger partial charge in [-0.2, -0.15) is 4.89 Å². The van der Waals surface area contributed by atoms with Crippen molar-refractivity contribution in [2.24, 2.45) is 0 Å². The average Bonchev–Trinajstić information content (AvgIpc) is 2.17. The highest BCUT2D eigenvalue weighted by atomic mass is 17.2. The third kappa shape index (κ3) is 5.30. The van der Waals surface area contributed by atoms with Crippen molar-refractivity contribution in [3.8, 4) is 0 Å². The number of ether oxygens (including phenoxy) is 2. The van der Waals surface area contributed by atoms with Gasteiger partial charge in [0.25, 0.3) is 0 Å². The molecule has 0 radical (unpaired) electrons. The number of esters is 1. The molecule has 0 fully saturated rings. The predicted molar refractivity (Wildman–Crippen MR) is 61.0 cm³/mol.